The van der Waals surface area contributed by atoms with Gasteiger partial charge in [0.05, 0.1) is 0 Å². The van der Waals surface area contributed by atoms with Crippen LogP contribution in [0.5, 0.6) is 0 Å². The molecule has 4 rings (SSSR count). The van der Waals surface area contributed by atoms with Crippen molar-refractivity contribution in [2.24, 2.45) is 5.92 Å². The van der Waals surface area contributed by atoms with Crippen LogP contribution in [0.4, 0.5) is 4.79 Å². The normalized spacial score (nSPS) is 20.8. The zero-order valence-electron chi connectivity index (χ0n) is 18.0. The molecule has 7 heteroatoms. The smallest absolute Gasteiger partial charge is 0.407 e. The van der Waals surface area contributed by atoms with Crippen LogP contribution in [0.1, 0.15) is 37.0 Å². The van der Waals surface area contributed by atoms with E-state index in [4.69, 9.17) is 0 Å². The van der Waals surface area contributed by atoms with Crippen molar-refractivity contribution in [3.05, 3.63) is 36.0 Å². The molecule has 2 saturated heterocycles. The minimum Gasteiger partial charge on any atom is -0.465 e. The van der Waals surface area contributed by atoms with Crippen LogP contribution in [0.15, 0.2) is 30.5 Å². The van der Waals surface area contributed by atoms with E-state index in [0.717, 1.165) is 62.0 Å². The summed E-state index contributed by atoms with van der Waals surface area (Å²) in [6.45, 7) is 9.83. The van der Waals surface area contributed by atoms with Crippen molar-refractivity contribution in [3.63, 3.8) is 0 Å². The molecule has 1 aromatic heterocycles. The largest absolute Gasteiger partial charge is 0.465 e. The van der Waals surface area contributed by atoms with Crippen molar-refractivity contribution in [1.29, 1.82) is 0 Å². The van der Waals surface area contributed by atoms with Gasteiger partial charge in [-0.25, -0.2) is 4.79 Å². The molecule has 0 spiro atoms. The van der Waals surface area contributed by atoms with E-state index in [1.165, 1.54) is 4.90 Å². The number of carboxylic acid groups (broad SMARTS) is 1. The summed E-state index contributed by atoms with van der Waals surface area (Å²) in [5.41, 5.74) is 1.84. The van der Waals surface area contributed by atoms with Gasteiger partial charge in [-0.3, -0.25) is 9.69 Å². The molecule has 2 fully saturated rings. The summed E-state index contributed by atoms with van der Waals surface area (Å²) >= 11 is 0. The predicted molar refractivity (Wildman–Crippen MR) is 117 cm³/mol. The molecule has 2 aromatic rings. The van der Waals surface area contributed by atoms with Crippen LogP contribution in [0, 0.1) is 5.92 Å². The number of piperidine rings is 1. The van der Waals surface area contributed by atoms with Crippen LogP contribution >= 0.6 is 0 Å². The number of hydrogen-bond acceptors (Lipinski definition) is 3. The highest BCUT2D eigenvalue weighted by molar-refractivity contribution is 5.98. The SMILES string of the molecule is CC(C)N1CCN(C(=O)c2ccc3c(ccn3C[C@@H]3CCCN(C(=O)O)C3)c2)CC1. The third-order valence-electron chi connectivity index (χ3n) is 6.59. The van der Waals surface area contributed by atoms with Gasteiger partial charge >= 0.3 is 6.09 Å². The van der Waals surface area contributed by atoms with Crippen molar-refractivity contribution in [1.82, 2.24) is 19.3 Å². The number of aromatic nitrogens is 1. The highest BCUT2D eigenvalue weighted by atomic mass is 16.4. The molecular formula is C23H32N4O3. The lowest BCUT2D eigenvalue weighted by atomic mass is 9.98. The van der Waals surface area contributed by atoms with Gasteiger partial charge in [0, 0.05) is 74.5 Å². The first-order valence-electron chi connectivity index (χ1n) is 11.0. The summed E-state index contributed by atoms with van der Waals surface area (Å²) in [6, 6.07) is 8.53. The topological polar surface area (TPSA) is 69.0 Å². The first-order chi connectivity index (χ1) is 14.4. The standard InChI is InChI=1S/C23H32N4O3/c1-17(2)24-10-12-25(13-11-24)22(28)20-5-6-21-19(14-20)7-9-26(21)15-18-4-3-8-27(16-18)23(29)30/h5-7,9,14,17-18H,3-4,8,10-13,15-16H2,1-2H3,(H,29,30)/t18-/m0/s1. The fraction of sp³-hybridized carbons (Fsp3) is 0.565. The summed E-state index contributed by atoms with van der Waals surface area (Å²) < 4.78 is 2.20. The lowest BCUT2D eigenvalue weighted by Gasteiger charge is -2.37. The van der Waals surface area contributed by atoms with Gasteiger partial charge in [-0.15, -0.1) is 0 Å². The fourth-order valence-corrected chi connectivity index (χ4v) is 4.78. The van der Waals surface area contributed by atoms with E-state index in [1.807, 2.05) is 23.1 Å². The lowest BCUT2D eigenvalue weighted by Crippen LogP contribution is -2.50. The van der Waals surface area contributed by atoms with Gasteiger partial charge in [0.1, 0.15) is 0 Å². The van der Waals surface area contributed by atoms with Crippen LogP contribution in [0.2, 0.25) is 0 Å². The Morgan fingerprint density at radius 1 is 1.07 bits per heavy atom. The molecular weight excluding hydrogens is 380 g/mol. The van der Waals surface area contributed by atoms with Gasteiger partial charge in [0.25, 0.3) is 5.91 Å². The van der Waals surface area contributed by atoms with E-state index >= 15 is 0 Å². The molecule has 162 valence electrons. The van der Waals surface area contributed by atoms with Crippen LogP contribution in [-0.4, -0.2) is 81.7 Å². The third-order valence-corrected chi connectivity index (χ3v) is 6.59. The summed E-state index contributed by atoms with van der Waals surface area (Å²) in [5, 5.41) is 10.3. The number of rotatable bonds is 4. The molecule has 2 aliphatic heterocycles. The molecule has 30 heavy (non-hydrogen) atoms. The van der Waals surface area contributed by atoms with E-state index in [2.05, 4.69) is 35.6 Å². The number of amides is 2. The minimum absolute atomic E-state index is 0.109. The highest BCUT2D eigenvalue weighted by Gasteiger charge is 2.25. The maximum absolute atomic E-state index is 13.0. The summed E-state index contributed by atoms with van der Waals surface area (Å²) in [6.07, 6.45) is 3.19. The number of likely N-dealkylation sites (tertiary alicyclic amines) is 1. The number of hydrogen-bond donors (Lipinski definition) is 1. The quantitative estimate of drug-likeness (QED) is 0.837. The Balaban J connectivity index is 1.43. The molecule has 1 N–H and O–H groups in total. The number of carbonyl (C=O) groups excluding carboxylic acids is 1. The molecule has 7 nitrogen and oxygen atoms in total. The second kappa shape index (κ2) is 8.68. The molecule has 0 radical (unpaired) electrons. The molecule has 3 heterocycles. The Morgan fingerprint density at radius 2 is 1.83 bits per heavy atom. The lowest BCUT2D eigenvalue weighted by molar-refractivity contribution is 0.0595. The average molecular weight is 413 g/mol. The summed E-state index contributed by atoms with van der Waals surface area (Å²) in [5.74, 6) is 0.432. The van der Waals surface area contributed by atoms with E-state index < -0.39 is 6.09 Å². The van der Waals surface area contributed by atoms with Gasteiger partial charge in [0.2, 0.25) is 0 Å². The number of carbonyl (C=O) groups is 2. The molecule has 1 aromatic carbocycles. The summed E-state index contributed by atoms with van der Waals surface area (Å²) in [7, 11) is 0. The highest BCUT2D eigenvalue weighted by Crippen LogP contribution is 2.24. The van der Waals surface area contributed by atoms with Gasteiger partial charge in [0.15, 0.2) is 0 Å². The van der Waals surface area contributed by atoms with E-state index in [1.54, 1.807) is 0 Å². The zero-order valence-corrected chi connectivity index (χ0v) is 18.0. The number of fused-ring (bicyclic) bond motifs is 1. The van der Waals surface area contributed by atoms with Crippen molar-refractivity contribution < 1.29 is 14.7 Å². The predicted octanol–water partition coefficient (Wildman–Crippen LogP) is 3.20. The Bertz CT molecular complexity index is 914. The van der Waals surface area contributed by atoms with Crippen molar-refractivity contribution in [2.45, 2.75) is 39.3 Å². The zero-order chi connectivity index (χ0) is 21.3. The Labute approximate surface area is 177 Å². The third kappa shape index (κ3) is 4.31. The average Bonchev–Trinajstić information content (AvgIpc) is 3.15. The fourth-order valence-electron chi connectivity index (χ4n) is 4.78. The Hall–Kier alpha value is -2.54. The second-order valence-electron chi connectivity index (χ2n) is 8.90. The maximum Gasteiger partial charge on any atom is 0.407 e. The monoisotopic (exact) mass is 412 g/mol. The molecule has 0 unspecified atom stereocenters. The van der Waals surface area contributed by atoms with Crippen LogP contribution in [0.25, 0.3) is 10.9 Å². The second-order valence-corrected chi connectivity index (χ2v) is 8.90. The number of benzene rings is 1. The van der Waals surface area contributed by atoms with Gasteiger partial charge in [-0.1, -0.05) is 0 Å². The Kier molecular flexibility index (Phi) is 5.99. The molecule has 0 bridgehead atoms. The van der Waals surface area contributed by atoms with Crippen LogP contribution in [0.3, 0.4) is 0 Å². The number of nitrogens with zero attached hydrogens (tertiary/aromatic N) is 4. The Morgan fingerprint density at radius 3 is 2.53 bits per heavy atom. The van der Waals surface area contributed by atoms with Crippen molar-refractivity contribution in [3.8, 4) is 0 Å². The van der Waals surface area contributed by atoms with Gasteiger partial charge < -0.3 is 19.5 Å². The molecule has 1 atom stereocenters. The molecule has 2 amide bonds. The molecule has 2 aliphatic rings. The van der Waals surface area contributed by atoms with Crippen molar-refractivity contribution >= 4 is 22.9 Å². The van der Waals surface area contributed by atoms with E-state index in [-0.39, 0.29) is 5.91 Å². The van der Waals surface area contributed by atoms with E-state index in [9.17, 15) is 14.7 Å². The molecule has 0 saturated carbocycles. The van der Waals surface area contributed by atoms with Crippen molar-refractivity contribution in [2.75, 3.05) is 39.3 Å². The van der Waals surface area contributed by atoms with Crippen LogP contribution in [-0.2, 0) is 6.54 Å². The maximum atomic E-state index is 13.0. The van der Waals surface area contributed by atoms with Gasteiger partial charge in [-0.05, 0) is 56.9 Å². The van der Waals surface area contributed by atoms with Gasteiger partial charge in [-0.2, -0.15) is 0 Å². The minimum atomic E-state index is -0.825. The van der Waals surface area contributed by atoms with Crippen LogP contribution < -0.4 is 0 Å². The first-order valence-corrected chi connectivity index (χ1v) is 11.0. The first kappa shape index (κ1) is 20.7. The summed E-state index contributed by atoms with van der Waals surface area (Å²) in [4.78, 5) is 30.1. The number of piperazine rings is 1. The molecule has 0 aliphatic carbocycles. The van der Waals surface area contributed by atoms with E-state index in [0.29, 0.717) is 25.0 Å².